The van der Waals surface area contributed by atoms with Gasteiger partial charge in [0.05, 0.1) is 40.1 Å². The molecule has 242 valence electrons. The van der Waals surface area contributed by atoms with Gasteiger partial charge >= 0.3 is 0 Å². The summed E-state index contributed by atoms with van der Waals surface area (Å²) in [7, 11) is 0. The van der Waals surface area contributed by atoms with E-state index in [-0.39, 0.29) is 23.3 Å². The molecule has 0 saturated carbocycles. The molecule has 4 heteroatoms. The van der Waals surface area contributed by atoms with Crippen molar-refractivity contribution >= 4 is 65.3 Å². The SMILES string of the molecule is [2H]c1c([2H])c([2H])c(-c2nc(-n3c4ccccc4c4cc5ccccc5cc43)nc3ccc(-c4ccc5c6ccccc6n(-c6ccccc6)c5c4)cc23)c([2H])c1[2H]. The Kier molecular flexibility index (Phi) is 5.22. The number of para-hydroxylation sites is 3. The third kappa shape index (κ3) is 4.34. The average Bonchev–Trinajstić information content (AvgIpc) is 3.76. The van der Waals surface area contributed by atoms with Crippen molar-refractivity contribution in [1.29, 1.82) is 0 Å². The lowest BCUT2D eigenvalue weighted by atomic mass is 9.99. The zero-order chi connectivity index (χ0) is 38.5. The normalized spacial score (nSPS) is 13.2. The minimum absolute atomic E-state index is 0.0256. The van der Waals surface area contributed by atoms with E-state index in [1.807, 2.05) is 71.3 Å². The van der Waals surface area contributed by atoms with E-state index < -0.39 is 18.1 Å². The summed E-state index contributed by atoms with van der Waals surface area (Å²) in [5, 5.41) is 7.11. The van der Waals surface area contributed by atoms with Crippen molar-refractivity contribution in [2.75, 3.05) is 0 Å². The van der Waals surface area contributed by atoms with Gasteiger partial charge in [0.25, 0.3) is 0 Å². The predicted octanol–water partition coefficient (Wildman–Crippen LogP) is 12.3. The van der Waals surface area contributed by atoms with E-state index in [0.29, 0.717) is 16.9 Å². The van der Waals surface area contributed by atoms with Crippen LogP contribution in [-0.4, -0.2) is 19.1 Å². The Labute approximate surface area is 306 Å². The molecule has 0 aliphatic carbocycles. The fourth-order valence-electron chi connectivity index (χ4n) is 7.83. The number of benzene rings is 8. The van der Waals surface area contributed by atoms with Gasteiger partial charge in [-0.15, -0.1) is 0 Å². The van der Waals surface area contributed by atoms with Crippen LogP contribution in [-0.2, 0) is 0 Å². The fourth-order valence-corrected chi connectivity index (χ4v) is 7.83. The van der Waals surface area contributed by atoms with Crippen molar-refractivity contribution in [3.8, 4) is 34.0 Å². The van der Waals surface area contributed by atoms with Gasteiger partial charge in [-0.2, -0.15) is 0 Å². The first-order valence-electron chi connectivity index (χ1n) is 19.8. The zero-order valence-electron chi connectivity index (χ0n) is 32.7. The van der Waals surface area contributed by atoms with Crippen LogP contribution in [0.1, 0.15) is 6.85 Å². The van der Waals surface area contributed by atoms with Crippen LogP contribution in [0, 0.1) is 0 Å². The lowest BCUT2D eigenvalue weighted by Crippen LogP contribution is -2.03. The van der Waals surface area contributed by atoms with E-state index in [1.165, 1.54) is 0 Å². The van der Waals surface area contributed by atoms with Crippen LogP contribution in [0.4, 0.5) is 0 Å². The van der Waals surface area contributed by atoms with Gasteiger partial charge in [-0.3, -0.25) is 4.57 Å². The Balaban J connectivity index is 1.20. The second-order valence-electron chi connectivity index (χ2n) is 13.1. The summed E-state index contributed by atoms with van der Waals surface area (Å²) in [5.41, 5.74) is 7.72. The molecule has 4 nitrogen and oxygen atoms in total. The van der Waals surface area contributed by atoms with Crippen LogP contribution >= 0.6 is 0 Å². The summed E-state index contributed by atoms with van der Waals surface area (Å²) in [5.74, 6) is 0.340. The second kappa shape index (κ2) is 11.2. The number of rotatable bonds is 4. The number of nitrogens with zero attached hydrogens (tertiary/aromatic N) is 4. The standard InChI is InChI=1S/C48H30N4/c1-3-13-31(14-4-1)47-41-28-34(35-23-25-39-37-19-9-11-21-43(37)51(45(39)30-35)36-17-5-2-6-18-36)24-26-42(41)49-48(50-47)52-44-22-12-10-20-38(44)40-27-32-15-7-8-16-33(32)29-46(40)52/h1-30H/i1D,3D,4D,13D,14D. The second-order valence-corrected chi connectivity index (χ2v) is 13.1. The number of hydrogen-bond donors (Lipinski definition) is 0. The van der Waals surface area contributed by atoms with Gasteiger partial charge < -0.3 is 4.57 Å². The van der Waals surface area contributed by atoms with Gasteiger partial charge in [-0.05, 0) is 76.5 Å². The van der Waals surface area contributed by atoms with Crippen molar-refractivity contribution in [2.24, 2.45) is 0 Å². The van der Waals surface area contributed by atoms with Gasteiger partial charge in [0.2, 0.25) is 5.95 Å². The first-order chi connectivity index (χ1) is 27.9. The minimum Gasteiger partial charge on any atom is -0.309 e. The molecule has 3 heterocycles. The molecule has 3 aromatic heterocycles. The largest absolute Gasteiger partial charge is 0.309 e. The van der Waals surface area contributed by atoms with Crippen molar-refractivity contribution in [3.63, 3.8) is 0 Å². The lowest BCUT2D eigenvalue weighted by molar-refractivity contribution is 1.01. The maximum atomic E-state index is 9.07. The average molecular weight is 668 g/mol. The Morgan fingerprint density at radius 1 is 0.404 bits per heavy atom. The molecule has 8 aromatic carbocycles. The Morgan fingerprint density at radius 3 is 1.83 bits per heavy atom. The first kappa shape index (κ1) is 24.2. The van der Waals surface area contributed by atoms with Crippen molar-refractivity contribution < 1.29 is 6.85 Å². The summed E-state index contributed by atoms with van der Waals surface area (Å²) < 4.78 is 48.0. The molecule has 0 aliphatic rings. The Morgan fingerprint density at radius 2 is 1.02 bits per heavy atom. The monoisotopic (exact) mass is 667 g/mol. The predicted molar refractivity (Wildman–Crippen MR) is 217 cm³/mol. The van der Waals surface area contributed by atoms with E-state index in [2.05, 4.69) is 89.5 Å². The minimum atomic E-state index is -0.454. The molecule has 52 heavy (non-hydrogen) atoms. The fraction of sp³-hybridized carbons (Fsp3) is 0. The van der Waals surface area contributed by atoms with Crippen LogP contribution in [0.3, 0.4) is 0 Å². The van der Waals surface area contributed by atoms with Crippen molar-refractivity contribution in [1.82, 2.24) is 19.1 Å². The van der Waals surface area contributed by atoms with Crippen LogP contribution in [0.2, 0.25) is 0 Å². The van der Waals surface area contributed by atoms with E-state index in [0.717, 1.165) is 71.2 Å². The molecule has 0 N–H and O–H groups in total. The highest BCUT2D eigenvalue weighted by molar-refractivity contribution is 6.14. The molecule has 0 spiro atoms. The molecule has 11 rings (SSSR count). The van der Waals surface area contributed by atoms with Crippen molar-refractivity contribution in [3.05, 3.63) is 182 Å². The topological polar surface area (TPSA) is 35.6 Å². The lowest BCUT2D eigenvalue weighted by Gasteiger charge is -2.13. The van der Waals surface area contributed by atoms with Gasteiger partial charge in [0, 0.05) is 38.2 Å². The van der Waals surface area contributed by atoms with Gasteiger partial charge in [-0.1, -0.05) is 127 Å². The molecule has 0 radical (unpaired) electrons. The molecule has 0 amide bonds. The van der Waals surface area contributed by atoms with Crippen LogP contribution in [0.25, 0.3) is 99.3 Å². The van der Waals surface area contributed by atoms with E-state index in [4.69, 9.17) is 16.8 Å². The van der Waals surface area contributed by atoms with Gasteiger partial charge in [0.1, 0.15) is 0 Å². The number of aromatic nitrogens is 4. The molecule has 0 fully saturated rings. The highest BCUT2D eigenvalue weighted by Gasteiger charge is 2.19. The van der Waals surface area contributed by atoms with Crippen LogP contribution < -0.4 is 0 Å². The summed E-state index contributed by atoms with van der Waals surface area (Å²) >= 11 is 0. The Hall–Kier alpha value is -7.04. The third-order valence-electron chi connectivity index (χ3n) is 10.2. The quantitative estimate of drug-likeness (QED) is 0.187. The molecule has 0 unspecified atom stereocenters. The van der Waals surface area contributed by atoms with Crippen LogP contribution in [0.15, 0.2) is 182 Å². The molecule has 0 atom stereocenters. The first-order valence-corrected chi connectivity index (χ1v) is 17.3. The highest BCUT2D eigenvalue weighted by Crippen LogP contribution is 2.38. The van der Waals surface area contributed by atoms with Crippen LogP contribution in [0.5, 0.6) is 0 Å². The van der Waals surface area contributed by atoms with Gasteiger partial charge in [-0.25, -0.2) is 9.97 Å². The molecular weight excluding hydrogens is 633 g/mol. The summed E-state index contributed by atoms with van der Waals surface area (Å²) in [6.07, 6.45) is 0. The van der Waals surface area contributed by atoms with Crippen molar-refractivity contribution in [2.45, 2.75) is 0 Å². The third-order valence-corrected chi connectivity index (χ3v) is 10.2. The highest BCUT2D eigenvalue weighted by atomic mass is 15.2. The maximum absolute atomic E-state index is 9.07. The molecule has 0 saturated heterocycles. The van der Waals surface area contributed by atoms with E-state index >= 15 is 0 Å². The smallest absolute Gasteiger partial charge is 0.235 e. The molecular formula is C48H30N4. The number of fused-ring (bicyclic) bond motifs is 8. The summed E-state index contributed by atoms with van der Waals surface area (Å²) in [6, 6.07) is 49.8. The Bertz CT molecular complexity index is 3450. The summed E-state index contributed by atoms with van der Waals surface area (Å²) in [6.45, 7) is 0. The number of hydrogen-bond acceptors (Lipinski definition) is 2. The maximum Gasteiger partial charge on any atom is 0.235 e. The van der Waals surface area contributed by atoms with Gasteiger partial charge in [0.15, 0.2) is 0 Å². The molecule has 11 aromatic rings. The summed E-state index contributed by atoms with van der Waals surface area (Å²) in [4.78, 5) is 10.3. The van der Waals surface area contributed by atoms with E-state index in [9.17, 15) is 0 Å². The molecule has 0 bridgehead atoms. The zero-order valence-corrected chi connectivity index (χ0v) is 27.7. The molecule has 0 aliphatic heterocycles. The van der Waals surface area contributed by atoms with E-state index in [1.54, 1.807) is 0 Å².